The fourth-order valence-corrected chi connectivity index (χ4v) is 3.88. The summed E-state index contributed by atoms with van der Waals surface area (Å²) in [6.07, 6.45) is 2.35. The summed E-state index contributed by atoms with van der Waals surface area (Å²) in [5.74, 6) is -0.804. The SMILES string of the molecule is O=C(NC1CCCCNC1=O)c1cc2n(n1)CCN(Cc1cccc(Cl)c1)C2=O. The highest BCUT2D eigenvalue weighted by molar-refractivity contribution is 6.30. The van der Waals surface area contributed by atoms with E-state index in [1.807, 2.05) is 18.2 Å². The fraction of sp³-hybridized carbons (Fsp3) is 0.400. The number of nitrogens with one attached hydrogen (secondary N) is 2. The van der Waals surface area contributed by atoms with Crippen molar-refractivity contribution < 1.29 is 14.4 Å². The molecule has 2 aliphatic heterocycles. The van der Waals surface area contributed by atoms with Crippen LogP contribution in [0.2, 0.25) is 5.02 Å². The van der Waals surface area contributed by atoms with Crippen molar-refractivity contribution >= 4 is 29.3 Å². The monoisotopic (exact) mass is 415 g/mol. The van der Waals surface area contributed by atoms with Gasteiger partial charge in [-0.1, -0.05) is 23.7 Å². The van der Waals surface area contributed by atoms with Gasteiger partial charge in [0.05, 0.1) is 6.54 Å². The second kappa shape index (κ2) is 8.24. The second-order valence-electron chi connectivity index (χ2n) is 7.31. The molecule has 1 atom stereocenters. The third-order valence-electron chi connectivity index (χ3n) is 5.20. The molecule has 1 aromatic heterocycles. The van der Waals surface area contributed by atoms with Crippen LogP contribution in [0.3, 0.4) is 0 Å². The standard InChI is InChI=1S/C20H22ClN5O3/c21-14-5-3-4-13(10-14)12-25-8-9-26-17(20(25)29)11-16(24-26)19(28)23-15-6-1-2-7-22-18(15)27/h3-5,10-11,15H,1-2,6-9,12H2,(H,22,27)(H,23,28). The Morgan fingerprint density at radius 1 is 1.24 bits per heavy atom. The Kier molecular flexibility index (Phi) is 5.53. The molecule has 1 unspecified atom stereocenters. The maximum atomic E-state index is 12.9. The molecular formula is C20H22ClN5O3. The Hall–Kier alpha value is -2.87. The molecule has 1 fully saturated rings. The van der Waals surface area contributed by atoms with Gasteiger partial charge in [-0.3, -0.25) is 19.1 Å². The molecule has 2 aromatic rings. The molecule has 4 rings (SSSR count). The van der Waals surface area contributed by atoms with E-state index < -0.39 is 11.9 Å². The Morgan fingerprint density at radius 3 is 2.93 bits per heavy atom. The van der Waals surface area contributed by atoms with E-state index in [1.165, 1.54) is 6.07 Å². The van der Waals surface area contributed by atoms with Crippen LogP contribution in [-0.2, 0) is 17.9 Å². The Bertz CT molecular complexity index is 957. The van der Waals surface area contributed by atoms with Crippen molar-refractivity contribution in [2.75, 3.05) is 13.1 Å². The van der Waals surface area contributed by atoms with Crippen LogP contribution < -0.4 is 10.6 Å². The third kappa shape index (κ3) is 4.27. The minimum atomic E-state index is -0.571. The zero-order chi connectivity index (χ0) is 20.4. The van der Waals surface area contributed by atoms with E-state index >= 15 is 0 Å². The zero-order valence-corrected chi connectivity index (χ0v) is 16.6. The summed E-state index contributed by atoms with van der Waals surface area (Å²) in [6.45, 7) is 2.06. The van der Waals surface area contributed by atoms with Gasteiger partial charge in [0.15, 0.2) is 5.69 Å². The summed E-state index contributed by atoms with van der Waals surface area (Å²) in [4.78, 5) is 39.2. The molecule has 3 heterocycles. The predicted octanol–water partition coefficient (Wildman–Crippen LogP) is 1.59. The summed E-state index contributed by atoms with van der Waals surface area (Å²) in [5.41, 5.74) is 1.46. The Morgan fingerprint density at radius 2 is 2.10 bits per heavy atom. The first kappa shape index (κ1) is 19.4. The van der Waals surface area contributed by atoms with Gasteiger partial charge in [0, 0.05) is 30.7 Å². The lowest BCUT2D eigenvalue weighted by molar-refractivity contribution is -0.122. The molecule has 0 spiro atoms. The van der Waals surface area contributed by atoms with Crippen LogP contribution in [0.5, 0.6) is 0 Å². The lowest BCUT2D eigenvalue weighted by Gasteiger charge is -2.27. The fourth-order valence-electron chi connectivity index (χ4n) is 3.67. The molecule has 152 valence electrons. The van der Waals surface area contributed by atoms with Crippen molar-refractivity contribution in [3.8, 4) is 0 Å². The van der Waals surface area contributed by atoms with Gasteiger partial charge in [-0.25, -0.2) is 0 Å². The van der Waals surface area contributed by atoms with E-state index in [4.69, 9.17) is 11.6 Å². The number of carbonyl (C=O) groups is 3. The first-order chi connectivity index (χ1) is 14.0. The van der Waals surface area contributed by atoms with Crippen LogP contribution in [0.25, 0.3) is 0 Å². The Balaban J connectivity index is 1.46. The molecule has 8 nitrogen and oxygen atoms in total. The normalized spacial score (nSPS) is 19.3. The van der Waals surface area contributed by atoms with E-state index in [2.05, 4.69) is 15.7 Å². The van der Waals surface area contributed by atoms with Gasteiger partial charge < -0.3 is 15.5 Å². The van der Waals surface area contributed by atoms with Crippen LogP contribution in [0.4, 0.5) is 0 Å². The van der Waals surface area contributed by atoms with E-state index in [1.54, 1.807) is 15.6 Å². The van der Waals surface area contributed by atoms with Crippen molar-refractivity contribution in [3.05, 3.63) is 52.3 Å². The minimum absolute atomic E-state index is 0.148. The smallest absolute Gasteiger partial charge is 0.272 e. The molecule has 2 N–H and O–H groups in total. The molecule has 1 saturated heterocycles. The van der Waals surface area contributed by atoms with Crippen molar-refractivity contribution in [2.24, 2.45) is 0 Å². The number of aromatic nitrogens is 2. The molecule has 2 aliphatic rings. The zero-order valence-electron chi connectivity index (χ0n) is 15.9. The lowest BCUT2D eigenvalue weighted by Crippen LogP contribution is -2.45. The Labute approximate surface area is 173 Å². The largest absolute Gasteiger partial charge is 0.354 e. The van der Waals surface area contributed by atoms with Gasteiger partial charge in [-0.2, -0.15) is 5.10 Å². The molecular weight excluding hydrogens is 394 g/mol. The maximum absolute atomic E-state index is 12.9. The van der Waals surface area contributed by atoms with Crippen molar-refractivity contribution in [2.45, 2.75) is 38.4 Å². The number of carbonyl (C=O) groups excluding carboxylic acids is 3. The van der Waals surface area contributed by atoms with Crippen molar-refractivity contribution in [3.63, 3.8) is 0 Å². The summed E-state index contributed by atoms with van der Waals surface area (Å²) in [7, 11) is 0. The molecule has 0 radical (unpaired) electrons. The summed E-state index contributed by atoms with van der Waals surface area (Å²) >= 11 is 6.03. The van der Waals surface area contributed by atoms with Crippen molar-refractivity contribution in [1.82, 2.24) is 25.3 Å². The quantitative estimate of drug-likeness (QED) is 0.792. The van der Waals surface area contributed by atoms with Crippen LogP contribution >= 0.6 is 11.6 Å². The molecule has 3 amide bonds. The van der Waals surface area contributed by atoms with Gasteiger partial charge in [0.1, 0.15) is 11.7 Å². The van der Waals surface area contributed by atoms with Crippen molar-refractivity contribution in [1.29, 1.82) is 0 Å². The van der Waals surface area contributed by atoms with E-state index in [9.17, 15) is 14.4 Å². The average Bonchev–Trinajstić information content (AvgIpc) is 3.04. The predicted molar refractivity (Wildman–Crippen MR) is 107 cm³/mol. The summed E-state index contributed by atoms with van der Waals surface area (Å²) in [6, 6.07) is 8.31. The summed E-state index contributed by atoms with van der Waals surface area (Å²) in [5, 5.41) is 10.4. The van der Waals surface area contributed by atoms with Crippen LogP contribution in [-0.4, -0.2) is 51.5 Å². The third-order valence-corrected chi connectivity index (χ3v) is 5.44. The molecule has 0 saturated carbocycles. The first-order valence-electron chi connectivity index (χ1n) is 9.71. The lowest BCUT2D eigenvalue weighted by atomic mass is 10.1. The van der Waals surface area contributed by atoms with Gasteiger partial charge in [-0.15, -0.1) is 0 Å². The van der Waals surface area contributed by atoms with E-state index in [0.29, 0.717) is 43.3 Å². The number of fused-ring (bicyclic) bond motifs is 1. The topological polar surface area (TPSA) is 96.3 Å². The van der Waals surface area contributed by atoms with Crippen LogP contribution in [0, 0.1) is 0 Å². The molecule has 1 aromatic carbocycles. The van der Waals surface area contributed by atoms with E-state index in [0.717, 1.165) is 18.4 Å². The maximum Gasteiger partial charge on any atom is 0.272 e. The number of rotatable bonds is 4. The van der Waals surface area contributed by atoms with Crippen LogP contribution in [0.15, 0.2) is 30.3 Å². The first-order valence-corrected chi connectivity index (χ1v) is 10.1. The average molecular weight is 416 g/mol. The number of nitrogens with zero attached hydrogens (tertiary/aromatic N) is 3. The number of amides is 3. The highest BCUT2D eigenvalue weighted by atomic mass is 35.5. The van der Waals surface area contributed by atoms with Gasteiger partial charge in [-0.05, 0) is 37.0 Å². The highest BCUT2D eigenvalue weighted by Gasteiger charge is 2.29. The number of benzene rings is 1. The second-order valence-corrected chi connectivity index (χ2v) is 7.74. The van der Waals surface area contributed by atoms with E-state index in [-0.39, 0.29) is 17.5 Å². The number of halogens is 1. The number of hydrogen-bond acceptors (Lipinski definition) is 4. The van der Waals surface area contributed by atoms with Gasteiger partial charge >= 0.3 is 0 Å². The molecule has 0 aliphatic carbocycles. The molecule has 0 bridgehead atoms. The highest BCUT2D eigenvalue weighted by Crippen LogP contribution is 2.19. The molecule has 9 heteroatoms. The number of hydrogen-bond donors (Lipinski definition) is 2. The summed E-state index contributed by atoms with van der Waals surface area (Å²) < 4.78 is 1.55. The van der Waals surface area contributed by atoms with Gasteiger partial charge in [0.2, 0.25) is 5.91 Å². The minimum Gasteiger partial charge on any atom is -0.354 e. The van der Waals surface area contributed by atoms with Crippen LogP contribution in [0.1, 0.15) is 45.8 Å². The molecule has 29 heavy (non-hydrogen) atoms. The van der Waals surface area contributed by atoms with Gasteiger partial charge in [0.25, 0.3) is 11.8 Å².